The molecule has 0 spiro atoms. The monoisotopic (exact) mass is 363 g/mol. The van der Waals surface area contributed by atoms with E-state index in [1.165, 1.54) is 5.56 Å². The van der Waals surface area contributed by atoms with Gasteiger partial charge in [-0.15, -0.1) is 0 Å². The van der Waals surface area contributed by atoms with Crippen molar-refractivity contribution < 1.29 is 9.21 Å². The van der Waals surface area contributed by atoms with E-state index in [0.29, 0.717) is 12.3 Å². The summed E-state index contributed by atoms with van der Waals surface area (Å²) in [5.41, 5.74) is 4.13. The van der Waals surface area contributed by atoms with Crippen LogP contribution in [-0.4, -0.2) is 46.9 Å². The molecule has 140 valence electrons. The van der Waals surface area contributed by atoms with Crippen LogP contribution in [0.1, 0.15) is 23.4 Å². The molecule has 27 heavy (non-hydrogen) atoms. The molecule has 2 aromatic carbocycles. The highest BCUT2D eigenvalue weighted by Gasteiger charge is 2.20. The molecule has 1 aromatic heterocycles. The molecule has 4 rings (SSSR count). The predicted octanol–water partition coefficient (Wildman–Crippen LogP) is 3.41. The highest BCUT2D eigenvalue weighted by Crippen LogP contribution is 2.18. The molecular formula is C22H25N3O2. The Kier molecular flexibility index (Phi) is 5.21. The van der Waals surface area contributed by atoms with Crippen molar-refractivity contribution in [2.45, 2.75) is 26.3 Å². The van der Waals surface area contributed by atoms with Crippen LogP contribution in [0.25, 0.3) is 11.1 Å². The average Bonchev–Trinajstić information content (AvgIpc) is 3.07. The van der Waals surface area contributed by atoms with Crippen molar-refractivity contribution in [2.75, 3.05) is 26.2 Å². The predicted molar refractivity (Wildman–Crippen MR) is 105 cm³/mol. The number of nitrogens with zero attached hydrogens (tertiary/aromatic N) is 3. The van der Waals surface area contributed by atoms with E-state index in [0.717, 1.165) is 55.8 Å². The van der Waals surface area contributed by atoms with Crippen LogP contribution in [0.2, 0.25) is 0 Å². The fraction of sp³-hybridized carbons (Fsp3) is 0.364. The molecule has 0 unspecified atom stereocenters. The average molecular weight is 363 g/mol. The second-order valence-corrected chi connectivity index (χ2v) is 7.18. The zero-order valence-corrected chi connectivity index (χ0v) is 15.7. The second kappa shape index (κ2) is 7.92. The molecule has 5 nitrogen and oxygen atoms in total. The van der Waals surface area contributed by atoms with Crippen LogP contribution in [0.3, 0.4) is 0 Å². The minimum absolute atomic E-state index is 0.241. The fourth-order valence-electron chi connectivity index (χ4n) is 3.65. The van der Waals surface area contributed by atoms with Gasteiger partial charge in [0.25, 0.3) is 0 Å². The van der Waals surface area contributed by atoms with Gasteiger partial charge in [0.15, 0.2) is 11.5 Å². The maximum Gasteiger partial charge on any atom is 0.222 e. The van der Waals surface area contributed by atoms with Crippen LogP contribution in [0, 0.1) is 6.92 Å². The van der Waals surface area contributed by atoms with Gasteiger partial charge >= 0.3 is 0 Å². The first-order valence-electron chi connectivity index (χ1n) is 9.57. The summed E-state index contributed by atoms with van der Waals surface area (Å²) in [7, 11) is 0. The summed E-state index contributed by atoms with van der Waals surface area (Å²) in [6.07, 6.45) is 1.28. The number of oxazole rings is 1. The number of hydrogen-bond donors (Lipinski definition) is 0. The van der Waals surface area contributed by atoms with E-state index in [2.05, 4.69) is 34.1 Å². The Balaban J connectivity index is 1.26. The number of amides is 1. The first-order valence-corrected chi connectivity index (χ1v) is 9.57. The Morgan fingerprint density at radius 3 is 2.59 bits per heavy atom. The summed E-state index contributed by atoms with van der Waals surface area (Å²) in [4.78, 5) is 21.4. The summed E-state index contributed by atoms with van der Waals surface area (Å²) in [5, 5.41) is 0. The van der Waals surface area contributed by atoms with E-state index in [9.17, 15) is 4.79 Å². The van der Waals surface area contributed by atoms with Gasteiger partial charge in [-0.05, 0) is 29.7 Å². The highest BCUT2D eigenvalue weighted by molar-refractivity contribution is 5.77. The number of carbonyl (C=O) groups is 1. The zero-order valence-electron chi connectivity index (χ0n) is 15.7. The van der Waals surface area contributed by atoms with E-state index in [1.807, 2.05) is 36.1 Å². The SMILES string of the molecule is Cc1nc2cc(CCC(=O)N3CCN(Cc4ccccc4)CC3)ccc2o1. The van der Waals surface area contributed by atoms with Crippen LogP contribution < -0.4 is 0 Å². The molecule has 0 saturated carbocycles. The summed E-state index contributed by atoms with van der Waals surface area (Å²) in [6.45, 7) is 6.30. The number of fused-ring (bicyclic) bond motifs is 1. The van der Waals surface area contributed by atoms with Crippen LogP contribution >= 0.6 is 0 Å². The molecule has 1 saturated heterocycles. The Labute approximate surface area is 159 Å². The number of hydrogen-bond acceptors (Lipinski definition) is 4. The summed E-state index contributed by atoms with van der Waals surface area (Å²) < 4.78 is 5.51. The van der Waals surface area contributed by atoms with Crippen LogP contribution in [0.15, 0.2) is 52.9 Å². The lowest BCUT2D eigenvalue weighted by atomic mass is 10.1. The van der Waals surface area contributed by atoms with Crippen molar-refractivity contribution in [3.8, 4) is 0 Å². The summed E-state index contributed by atoms with van der Waals surface area (Å²) >= 11 is 0. The minimum atomic E-state index is 0.241. The first kappa shape index (κ1) is 17.7. The van der Waals surface area contributed by atoms with Gasteiger partial charge in [0.05, 0.1) is 0 Å². The van der Waals surface area contributed by atoms with Gasteiger partial charge in [-0.25, -0.2) is 4.98 Å². The first-order chi connectivity index (χ1) is 13.2. The van der Waals surface area contributed by atoms with E-state index < -0.39 is 0 Å². The van der Waals surface area contributed by atoms with Gasteiger partial charge in [0, 0.05) is 46.1 Å². The molecule has 0 N–H and O–H groups in total. The summed E-state index contributed by atoms with van der Waals surface area (Å²) in [5.74, 6) is 0.914. The highest BCUT2D eigenvalue weighted by atomic mass is 16.3. The molecule has 1 aliphatic rings. The lowest BCUT2D eigenvalue weighted by Crippen LogP contribution is -2.48. The number of rotatable bonds is 5. The normalized spacial score (nSPS) is 15.4. The molecule has 3 aromatic rings. The molecule has 1 amide bonds. The number of aryl methyl sites for hydroxylation is 2. The Morgan fingerprint density at radius 2 is 1.81 bits per heavy atom. The van der Waals surface area contributed by atoms with Crippen molar-refractivity contribution in [1.82, 2.24) is 14.8 Å². The molecule has 5 heteroatoms. The second-order valence-electron chi connectivity index (χ2n) is 7.18. The maximum atomic E-state index is 12.6. The van der Waals surface area contributed by atoms with E-state index >= 15 is 0 Å². The molecule has 0 radical (unpaired) electrons. The van der Waals surface area contributed by atoms with E-state index in [1.54, 1.807) is 0 Å². The largest absolute Gasteiger partial charge is 0.441 e. The number of aromatic nitrogens is 1. The molecule has 1 aliphatic heterocycles. The lowest BCUT2D eigenvalue weighted by molar-refractivity contribution is -0.133. The molecule has 0 bridgehead atoms. The topological polar surface area (TPSA) is 49.6 Å². The fourth-order valence-corrected chi connectivity index (χ4v) is 3.65. The number of piperazine rings is 1. The molecule has 2 heterocycles. The lowest BCUT2D eigenvalue weighted by Gasteiger charge is -2.34. The molecule has 0 atom stereocenters. The third-order valence-corrected chi connectivity index (χ3v) is 5.16. The van der Waals surface area contributed by atoms with Gasteiger partial charge in [0.1, 0.15) is 5.52 Å². The summed E-state index contributed by atoms with van der Waals surface area (Å²) in [6, 6.07) is 16.5. The number of benzene rings is 2. The Bertz CT molecular complexity index is 912. The third kappa shape index (κ3) is 4.37. The Morgan fingerprint density at radius 1 is 1.04 bits per heavy atom. The zero-order chi connectivity index (χ0) is 18.6. The smallest absolute Gasteiger partial charge is 0.222 e. The van der Waals surface area contributed by atoms with Gasteiger partial charge < -0.3 is 9.32 Å². The quantitative estimate of drug-likeness (QED) is 0.697. The minimum Gasteiger partial charge on any atom is -0.441 e. The molecular weight excluding hydrogens is 338 g/mol. The third-order valence-electron chi connectivity index (χ3n) is 5.16. The van der Waals surface area contributed by atoms with Crippen molar-refractivity contribution in [3.63, 3.8) is 0 Å². The van der Waals surface area contributed by atoms with Crippen LogP contribution in [0.5, 0.6) is 0 Å². The van der Waals surface area contributed by atoms with Crippen molar-refractivity contribution >= 4 is 17.0 Å². The Hall–Kier alpha value is -2.66. The maximum absolute atomic E-state index is 12.6. The van der Waals surface area contributed by atoms with Crippen LogP contribution in [0.4, 0.5) is 0 Å². The van der Waals surface area contributed by atoms with Gasteiger partial charge in [-0.3, -0.25) is 9.69 Å². The molecule has 0 aliphatic carbocycles. The van der Waals surface area contributed by atoms with Crippen molar-refractivity contribution in [1.29, 1.82) is 0 Å². The van der Waals surface area contributed by atoms with E-state index in [4.69, 9.17) is 4.42 Å². The number of carbonyl (C=O) groups excluding carboxylic acids is 1. The molecule has 1 fully saturated rings. The van der Waals surface area contributed by atoms with Gasteiger partial charge in [0.2, 0.25) is 5.91 Å². The van der Waals surface area contributed by atoms with Crippen molar-refractivity contribution in [3.05, 3.63) is 65.5 Å². The van der Waals surface area contributed by atoms with E-state index in [-0.39, 0.29) is 5.91 Å². The van der Waals surface area contributed by atoms with Crippen molar-refractivity contribution in [2.24, 2.45) is 0 Å². The van der Waals surface area contributed by atoms with Gasteiger partial charge in [-0.2, -0.15) is 0 Å². The standard InChI is InChI=1S/C22H25N3O2/c1-17-23-20-15-18(7-9-21(20)27-17)8-10-22(26)25-13-11-24(12-14-25)16-19-5-3-2-4-6-19/h2-7,9,15H,8,10-14,16H2,1H3. The van der Waals surface area contributed by atoms with Crippen LogP contribution in [-0.2, 0) is 17.8 Å². The van der Waals surface area contributed by atoms with Gasteiger partial charge in [-0.1, -0.05) is 36.4 Å².